The van der Waals surface area contributed by atoms with Gasteiger partial charge < -0.3 is 9.64 Å². The zero-order valence-electron chi connectivity index (χ0n) is 10.1. The van der Waals surface area contributed by atoms with E-state index in [2.05, 4.69) is 25.1 Å². The van der Waals surface area contributed by atoms with Crippen molar-refractivity contribution in [2.75, 3.05) is 19.8 Å². The summed E-state index contributed by atoms with van der Waals surface area (Å²) >= 11 is 0. The zero-order chi connectivity index (χ0) is 11.4. The van der Waals surface area contributed by atoms with Gasteiger partial charge in [-0.25, -0.2) is 0 Å². The van der Waals surface area contributed by atoms with Crippen LogP contribution in [0.5, 0.6) is 0 Å². The number of nitrogens with zero attached hydrogens (tertiary/aromatic N) is 1. The van der Waals surface area contributed by atoms with Crippen molar-refractivity contribution in [3.63, 3.8) is 0 Å². The van der Waals surface area contributed by atoms with E-state index in [1.165, 1.54) is 5.56 Å². The molecule has 0 spiro atoms. The SMILES string of the molecule is CCc1[c-]cc(CN2CCOCC2=O)cc1.[Y]. The molecule has 1 fully saturated rings. The Morgan fingerprint density at radius 3 is 2.88 bits per heavy atom. The molecule has 0 aromatic heterocycles. The van der Waals surface area contributed by atoms with Crippen molar-refractivity contribution in [2.45, 2.75) is 19.9 Å². The quantitative estimate of drug-likeness (QED) is 0.790. The van der Waals surface area contributed by atoms with Crippen LogP contribution in [0.1, 0.15) is 18.1 Å². The molecule has 3 nitrogen and oxygen atoms in total. The molecule has 0 N–H and O–H groups in total. The molecule has 1 aliphatic rings. The molecule has 89 valence electrons. The van der Waals surface area contributed by atoms with Gasteiger partial charge in [-0.1, -0.05) is 13.3 Å². The van der Waals surface area contributed by atoms with Crippen molar-refractivity contribution in [3.05, 3.63) is 35.4 Å². The number of hydrogen-bond acceptors (Lipinski definition) is 2. The number of benzene rings is 1. The average Bonchev–Trinajstić information content (AvgIpc) is 2.33. The summed E-state index contributed by atoms with van der Waals surface area (Å²) in [6.45, 7) is 4.33. The Kier molecular flexibility index (Phi) is 6.31. The van der Waals surface area contributed by atoms with Gasteiger partial charge in [-0.15, -0.1) is 5.56 Å². The largest absolute Gasteiger partial charge is 0.370 e. The second-order valence-corrected chi connectivity index (χ2v) is 3.94. The van der Waals surface area contributed by atoms with Gasteiger partial charge in [0.1, 0.15) is 6.61 Å². The summed E-state index contributed by atoms with van der Waals surface area (Å²) in [6.07, 6.45) is 0.997. The molecule has 1 radical (unpaired) electrons. The van der Waals surface area contributed by atoms with Crippen LogP contribution >= 0.6 is 0 Å². The molecule has 1 aromatic carbocycles. The molecular weight excluding hydrogens is 291 g/mol. The first-order valence-electron chi connectivity index (χ1n) is 5.64. The van der Waals surface area contributed by atoms with E-state index in [9.17, 15) is 4.79 Å². The number of carbonyl (C=O) groups is 1. The summed E-state index contributed by atoms with van der Waals surface area (Å²) in [4.78, 5) is 13.3. The Balaban J connectivity index is 0.00000144. The van der Waals surface area contributed by atoms with Crippen molar-refractivity contribution in [2.24, 2.45) is 0 Å². The normalized spacial score (nSPS) is 15.6. The van der Waals surface area contributed by atoms with Crippen LogP contribution in [0.2, 0.25) is 0 Å². The number of ether oxygens (including phenoxy) is 1. The summed E-state index contributed by atoms with van der Waals surface area (Å²) in [7, 11) is 0. The predicted octanol–water partition coefficient (Wildman–Crippen LogP) is 1.41. The van der Waals surface area contributed by atoms with Crippen LogP contribution in [0.4, 0.5) is 0 Å². The first kappa shape index (κ1) is 14.8. The minimum atomic E-state index is 0. The molecule has 1 aliphatic heterocycles. The van der Waals surface area contributed by atoms with Crippen LogP contribution < -0.4 is 0 Å². The van der Waals surface area contributed by atoms with Gasteiger partial charge in [0, 0.05) is 45.8 Å². The summed E-state index contributed by atoms with van der Waals surface area (Å²) in [5.74, 6) is 0.0748. The number of aryl methyl sites for hydroxylation is 1. The molecule has 4 heteroatoms. The van der Waals surface area contributed by atoms with E-state index in [-0.39, 0.29) is 45.2 Å². The van der Waals surface area contributed by atoms with E-state index in [0.717, 1.165) is 12.0 Å². The van der Waals surface area contributed by atoms with Crippen LogP contribution in [-0.4, -0.2) is 30.6 Å². The van der Waals surface area contributed by atoms with Crippen molar-refractivity contribution < 1.29 is 42.2 Å². The molecule has 1 aromatic rings. The Labute approximate surface area is 127 Å². The van der Waals surface area contributed by atoms with Crippen molar-refractivity contribution in [3.8, 4) is 0 Å². The number of carbonyl (C=O) groups excluding carboxylic acids is 1. The van der Waals surface area contributed by atoms with Crippen LogP contribution in [-0.2, 0) is 55.2 Å². The fourth-order valence-electron chi connectivity index (χ4n) is 1.75. The van der Waals surface area contributed by atoms with Gasteiger partial charge in [0.15, 0.2) is 0 Å². The van der Waals surface area contributed by atoms with Crippen LogP contribution in [0.15, 0.2) is 18.2 Å². The predicted molar refractivity (Wildman–Crippen MR) is 60.9 cm³/mol. The van der Waals surface area contributed by atoms with E-state index in [0.29, 0.717) is 19.7 Å². The number of morpholine rings is 1. The molecule has 0 unspecified atom stereocenters. The van der Waals surface area contributed by atoms with Gasteiger partial charge in [0.05, 0.1) is 6.61 Å². The molecule has 0 aliphatic carbocycles. The maximum absolute atomic E-state index is 11.5. The molecule has 17 heavy (non-hydrogen) atoms. The topological polar surface area (TPSA) is 29.5 Å². The van der Waals surface area contributed by atoms with Gasteiger partial charge in [0.25, 0.3) is 0 Å². The molecule has 2 rings (SSSR count). The molecule has 0 bridgehead atoms. The standard InChI is InChI=1S/C13H16NO2.Y/c1-2-11-3-5-12(6-4-11)9-14-7-8-16-10-13(14)15;/h3,5-6H,2,7-10H2,1H3;/q-1;. The number of hydrogen-bond donors (Lipinski definition) is 0. The molecule has 1 saturated heterocycles. The van der Waals surface area contributed by atoms with E-state index in [1.807, 2.05) is 11.0 Å². The van der Waals surface area contributed by atoms with Crippen molar-refractivity contribution in [1.82, 2.24) is 4.90 Å². The van der Waals surface area contributed by atoms with Crippen molar-refractivity contribution >= 4 is 5.91 Å². The average molecular weight is 307 g/mol. The third kappa shape index (κ3) is 4.16. The fraction of sp³-hybridized carbons (Fsp3) is 0.462. The van der Waals surface area contributed by atoms with Crippen molar-refractivity contribution in [1.29, 1.82) is 0 Å². The number of rotatable bonds is 3. The van der Waals surface area contributed by atoms with E-state index < -0.39 is 0 Å². The monoisotopic (exact) mass is 307 g/mol. The van der Waals surface area contributed by atoms with Crippen LogP contribution in [0.25, 0.3) is 0 Å². The third-order valence-corrected chi connectivity index (χ3v) is 2.78. The molecule has 1 heterocycles. The maximum atomic E-state index is 11.5. The van der Waals surface area contributed by atoms with E-state index in [1.54, 1.807) is 0 Å². The van der Waals surface area contributed by atoms with Gasteiger partial charge in [0.2, 0.25) is 5.91 Å². The molecule has 1 amide bonds. The van der Waals surface area contributed by atoms with E-state index >= 15 is 0 Å². The minimum Gasteiger partial charge on any atom is -0.370 e. The van der Waals surface area contributed by atoms with Crippen LogP contribution in [0, 0.1) is 6.07 Å². The summed E-state index contributed by atoms with van der Waals surface area (Å²) in [6, 6.07) is 9.33. The molecule has 0 saturated carbocycles. The minimum absolute atomic E-state index is 0. The second-order valence-electron chi connectivity index (χ2n) is 3.94. The Hall–Kier alpha value is -0.246. The van der Waals surface area contributed by atoms with Gasteiger partial charge in [-0.3, -0.25) is 4.79 Å². The smallest absolute Gasteiger partial charge is 0.247 e. The van der Waals surface area contributed by atoms with E-state index in [4.69, 9.17) is 4.74 Å². The Morgan fingerprint density at radius 1 is 1.47 bits per heavy atom. The Morgan fingerprint density at radius 2 is 2.29 bits per heavy atom. The first-order chi connectivity index (χ1) is 7.79. The van der Waals surface area contributed by atoms with Gasteiger partial charge >= 0.3 is 0 Å². The summed E-state index contributed by atoms with van der Waals surface area (Å²) < 4.78 is 5.09. The summed E-state index contributed by atoms with van der Waals surface area (Å²) in [5, 5.41) is 0. The molecular formula is C13H16NO2Y-. The maximum Gasteiger partial charge on any atom is 0.247 e. The van der Waals surface area contributed by atoms with Gasteiger partial charge in [-0.05, 0) is 0 Å². The second kappa shape index (κ2) is 7.25. The Bertz CT molecular complexity index is 364. The van der Waals surface area contributed by atoms with Gasteiger partial charge in [-0.2, -0.15) is 29.8 Å². The fourth-order valence-corrected chi connectivity index (χ4v) is 1.75. The first-order valence-corrected chi connectivity index (χ1v) is 5.64. The number of amides is 1. The van der Waals surface area contributed by atoms with Crippen LogP contribution in [0.3, 0.4) is 0 Å². The third-order valence-electron chi connectivity index (χ3n) is 2.78. The molecule has 0 atom stereocenters. The summed E-state index contributed by atoms with van der Waals surface area (Å²) in [5.41, 5.74) is 2.34. The zero-order valence-corrected chi connectivity index (χ0v) is 12.9.